The average molecular weight is 406 g/mol. The number of nitrogens with two attached hydrogens (primary N) is 1. The highest BCUT2D eigenvalue weighted by Crippen LogP contribution is 2.26. The number of hydrogen-bond acceptors (Lipinski definition) is 7. The number of aryl methyl sites for hydroxylation is 2. The van der Waals surface area contributed by atoms with Crippen LogP contribution in [-0.2, 0) is 9.47 Å². The van der Waals surface area contributed by atoms with Gasteiger partial charge in [0.1, 0.15) is 5.82 Å². The van der Waals surface area contributed by atoms with Crippen LogP contribution in [-0.4, -0.2) is 68.7 Å². The van der Waals surface area contributed by atoms with E-state index in [1.165, 1.54) is 0 Å². The molecule has 2 aliphatic rings. The van der Waals surface area contributed by atoms with E-state index in [2.05, 4.69) is 15.5 Å². The molecule has 0 bridgehead atoms. The van der Waals surface area contributed by atoms with E-state index in [-0.39, 0.29) is 18.1 Å². The van der Waals surface area contributed by atoms with Crippen LogP contribution in [0, 0.1) is 13.8 Å². The third-order valence-corrected chi connectivity index (χ3v) is 5.88. The maximum absolute atomic E-state index is 12.7. The number of nitrogens with one attached hydrogen (secondary N) is 2. The minimum Gasteiger partial charge on any atom is -0.381 e. The van der Waals surface area contributed by atoms with Gasteiger partial charge in [0.2, 0.25) is 0 Å². The van der Waals surface area contributed by atoms with Crippen molar-refractivity contribution < 1.29 is 14.3 Å². The number of hydrogen-bond donors (Lipinski definition) is 3. The molecule has 162 valence electrons. The largest absolute Gasteiger partial charge is 0.381 e. The summed E-state index contributed by atoms with van der Waals surface area (Å²) in [7, 11) is 1.75. The molecule has 4 N–H and O–H groups in total. The summed E-state index contributed by atoms with van der Waals surface area (Å²) in [4.78, 5) is 19.7. The number of rotatable bonds is 6. The summed E-state index contributed by atoms with van der Waals surface area (Å²) in [5, 5.41) is 6.56. The lowest BCUT2D eigenvalue weighted by Crippen LogP contribution is -2.57. The molecule has 3 unspecified atom stereocenters. The van der Waals surface area contributed by atoms with Gasteiger partial charge in [-0.05, 0) is 51.7 Å². The first kappa shape index (κ1) is 22.0. The number of piperidine rings is 1. The predicted molar refractivity (Wildman–Crippen MR) is 113 cm³/mol. The summed E-state index contributed by atoms with van der Waals surface area (Å²) in [5.74, 6) is 0.514. The van der Waals surface area contributed by atoms with Crippen LogP contribution in [0.1, 0.15) is 47.8 Å². The van der Waals surface area contributed by atoms with Gasteiger partial charge >= 0.3 is 0 Å². The molecule has 2 aliphatic heterocycles. The maximum atomic E-state index is 12.7. The van der Waals surface area contributed by atoms with Crippen molar-refractivity contribution in [3.05, 3.63) is 22.9 Å². The first-order valence-corrected chi connectivity index (χ1v) is 10.5. The number of carbonyl (C=O) groups is 1. The minimum absolute atomic E-state index is 0.0272. The summed E-state index contributed by atoms with van der Waals surface area (Å²) in [6, 6.07) is 2.67. The van der Waals surface area contributed by atoms with E-state index in [1.807, 2.05) is 19.9 Å². The number of ether oxygens (including phenoxy) is 2. The monoisotopic (exact) mass is 405 g/mol. The van der Waals surface area contributed by atoms with Crippen LogP contribution in [0.2, 0.25) is 0 Å². The molecular formula is C21H35N5O3. The summed E-state index contributed by atoms with van der Waals surface area (Å²) in [6.45, 7) is 8.83. The first-order valence-electron chi connectivity index (χ1n) is 10.5. The quantitative estimate of drug-likeness (QED) is 0.609. The van der Waals surface area contributed by atoms with E-state index in [0.717, 1.165) is 50.3 Å². The Morgan fingerprint density at radius 3 is 2.72 bits per heavy atom. The number of anilines is 1. The fourth-order valence-corrected chi connectivity index (χ4v) is 4.09. The minimum atomic E-state index is -0.418. The van der Waals surface area contributed by atoms with Crippen molar-refractivity contribution in [2.45, 2.75) is 64.4 Å². The summed E-state index contributed by atoms with van der Waals surface area (Å²) < 4.78 is 11.3. The number of carbonyl (C=O) groups excluding carboxylic acids is 1. The van der Waals surface area contributed by atoms with Crippen molar-refractivity contribution in [3.8, 4) is 0 Å². The molecule has 1 amide bonds. The van der Waals surface area contributed by atoms with Gasteiger partial charge in [-0.15, -0.1) is 0 Å². The molecule has 8 nitrogen and oxygen atoms in total. The first-order chi connectivity index (χ1) is 13.9. The van der Waals surface area contributed by atoms with Crippen molar-refractivity contribution >= 4 is 11.7 Å². The number of pyridine rings is 1. The second-order valence-electron chi connectivity index (χ2n) is 8.19. The van der Waals surface area contributed by atoms with Crippen LogP contribution >= 0.6 is 0 Å². The van der Waals surface area contributed by atoms with E-state index in [4.69, 9.17) is 20.2 Å². The van der Waals surface area contributed by atoms with E-state index in [0.29, 0.717) is 24.0 Å². The zero-order chi connectivity index (χ0) is 21.0. The summed E-state index contributed by atoms with van der Waals surface area (Å²) in [6.07, 6.45) is 2.62. The van der Waals surface area contributed by atoms with Crippen LogP contribution < -0.4 is 21.3 Å². The lowest BCUT2D eigenvalue weighted by atomic mass is 9.98. The second-order valence-corrected chi connectivity index (χ2v) is 8.19. The van der Waals surface area contributed by atoms with Crippen LogP contribution in [0.5, 0.6) is 0 Å². The van der Waals surface area contributed by atoms with E-state index in [1.54, 1.807) is 14.0 Å². The molecule has 0 aromatic carbocycles. The van der Waals surface area contributed by atoms with Crippen molar-refractivity contribution in [2.24, 2.45) is 5.73 Å². The van der Waals surface area contributed by atoms with E-state index >= 15 is 0 Å². The van der Waals surface area contributed by atoms with Gasteiger partial charge in [-0.1, -0.05) is 0 Å². The normalized spacial score (nSPS) is 24.4. The molecule has 3 heterocycles. The Hall–Kier alpha value is -1.74. The Kier molecular flexibility index (Phi) is 7.45. The van der Waals surface area contributed by atoms with E-state index in [9.17, 15) is 4.79 Å². The highest BCUT2D eigenvalue weighted by Gasteiger charge is 2.33. The molecular weight excluding hydrogens is 370 g/mol. The van der Waals surface area contributed by atoms with Gasteiger partial charge in [0.05, 0.1) is 17.8 Å². The molecule has 3 rings (SSSR count). The topological polar surface area (TPSA) is 102 Å². The fraction of sp³-hybridized carbons (Fsp3) is 0.714. The molecule has 3 atom stereocenters. The van der Waals surface area contributed by atoms with Gasteiger partial charge in [0, 0.05) is 51.2 Å². The average Bonchev–Trinajstić information content (AvgIpc) is 2.70. The Balaban J connectivity index is 1.77. The van der Waals surface area contributed by atoms with Crippen LogP contribution in [0.25, 0.3) is 0 Å². The highest BCUT2D eigenvalue weighted by molar-refractivity contribution is 5.99. The summed E-state index contributed by atoms with van der Waals surface area (Å²) in [5.41, 5.74) is 8.25. The van der Waals surface area contributed by atoms with Gasteiger partial charge < -0.3 is 30.7 Å². The molecule has 1 aromatic rings. The van der Waals surface area contributed by atoms with Gasteiger partial charge in [0.15, 0.2) is 0 Å². The molecule has 29 heavy (non-hydrogen) atoms. The van der Waals surface area contributed by atoms with E-state index < -0.39 is 6.17 Å². The van der Waals surface area contributed by atoms with Gasteiger partial charge in [-0.2, -0.15) is 0 Å². The summed E-state index contributed by atoms with van der Waals surface area (Å²) >= 11 is 0. The maximum Gasteiger partial charge on any atom is 0.256 e. The molecule has 0 spiro atoms. The SMILES string of the molecule is COC1CN(c2nc(C)c(C)cc2C(=O)NC(C)N)CCC1NC1CCOCC1. The van der Waals surface area contributed by atoms with Crippen LogP contribution in [0.3, 0.4) is 0 Å². The second kappa shape index (κ2) is 9.84. The zero-order valence-corrected chi connectivity index (χ0v) is 18.0. The van der Waals surface area contributed by atoms with Crippen molar-refractivity contribution in [2.75, 3.05) is 38.3 Å². The molecule has 0 radical (unpaired) electrons. The zero-order valence-electron chi connectivity index (χ0n) is 18.0. The Labute approximate surface area is 173 Å². The predicted octanol–water partition coefficient (Wildman–Crippen LogP) is 1.10. The smallest absolute Gasteiger partial charge is 0.256 e. The van der Waals surface area contributed by atoms with Gasteiger partial charge in [0.25, 0.3) is 5.91 Å². The number of nitrogens with zero attached hydrogens (tertiary/aromatic N) is 2. The Bertz CT molecular complexity index is 706. The molecule has 0 aliphatic carbocycles. The number of amides is 1. The lowest BCUT2D eigenvalue weighted by Gasteiger charge is -2.41. The van der Waals surface area contributed by atoms with Crippen molar-refractivity contribution in [3.63, 3.8) is 0 Å². The van der Waals surface area contributed by atoms with Gasteiger partial charge in [-0.25, -0.2) is 4.98 Å². The lowest BCUT2D eigenvalue weighted by molar-refractivity contribution is 0.0359. The van der Waals surface area contributed by atoms with Crippen LogP contribution in [0.15, 0.2) is 6.07 Å². The standard InChI is InChI=1S/C21H35N5O3/c1-13-11-17(21(27)24-15(3)22)20(23-14(13)2)26-8-5-18(19(12-26)28-4)25-16-6-9-29-10-7-16/h11,15-16,18-19,25H,5-10,12,22H2,1-4H3,(H,24,27). The fourth-order valence-electron chi connectivity index (χ4n) is 4.09. The number of methoxy groups -OCH3 is 1. The molecule has 2 saturated heterocycles. The molecule has 0 saturated carbocycles. The molecule has 1 aromatic heterocycles. The third-order valence-electron chi connectivity index (χ3n) is 5.88. The Morgan fingerprint density at radius 2 is 2.07 bits per heavy atom. The van der Waals surface area contributed by atoms with Crippen molar-refractivity contribution in [1.29, 1.82) is 0 Å². The Morgan fingerprint density at radius 1 is 1.34 bits per heavy atom. The molecule has 2 fully saturated rings. The molecule has 8 heteroatoms. The third kappa shape index (κ3) is 5.45. The van der Waals surface area contributed by atoms with Crippen LogP contribution in [0.4, 0.5) is 5.82 Å². The highest BCUT2D eigenvalue weighted by atomic mass is 16.5. The number of aromatic nitrogens is 1. The van der Waals surface area contributed by atoms with Crippen molar-refractivity contribution in [1.82, 2.24) is 15.6 Å². The van der Waals surface area contributed by atoms with Gasteiger partial charge in [-0.3, -0.25) is 4.79 Å².